The van der Waals surface area contributed by atoms with Gasteiger partial charge < -0.3 is 15.0 Å². The number of anilines is 1. The van der Waals surface area contributed by atoms with Crippen molar-refractivity contribution in [3.05, 3.63) is 54.2 Å². The number of rotatable bonds is 8. The Balaban J connectivity index is 1.31. The molecule has 9 heteroatoms. The molecule has 0 spiro atoms. The van der Waals surface area contributed by atoms with Gasteiger partial charge in [-0.15, -0.1) is 0 Å². The second-order valence-corrected chi connectivity index (χ2v) is 12.2. The quantitative estimate of drug-likeness (QED) is 0.283. The van der Waals surface area contributed by atoms with Gasteiger partial charge in [0.25, 0.3) is 0 Å². The van der Waals surface area contributed by atoms with Crippen molar-refractivity contribution in [3.63, 3.8) is 0 Å². The summed E-state index contributed by atoms with van der Waals surface area (Å²) in [5, 5.41) is 5.00. The molecule has 0 radical (unpaired) electrons. The minimum atomic E-state index is -0.610. The molecule has 1 N–H and O–H groups in total. The third-order valence-electron chi connectivity index (χ3n) is 9.87. The third-order valence-corrected chi connectivity index (χ3v) is 9.87. The van der Waals surface area contributed by atoms with Crippen LogP contribution in [0.15, 0.2) is 42.6 Å². The minimum absolute atomic E-state index is 0.00918. The van der Waals surface area contributed by atoms with E-state index in [1.165, 1.54) is 12.5 Å². The maximum atomic E-state index is 16.4. The molecule has 2 aromatic heterocycles. The average Bonchev–Trinajstić information content (AvgIpc) is 3.52. The summed E-state index contributed by atoms with van der Waals surface area (Å²) in [7, 11) is 4.19. The smallest absolute Gasteiger partial charge is 0.319 e. The van der Waals surface area contributed by atoms with Crippen LogP contribution in [-0.4, -0.2) is 76.2 Å². The number of benzene rings is 2. The van der Waals surface area contributed by atoms with Crippen molar-refractivity contribution in [3.8, 4) is 17.3 Å². The number of ether oxygens (including phenoxy) is 1. The lowest BCUT2D eigenvalue weighted by atomic mass is 9.75. The molecule has 0 bridgehead atoms. The second kappa shape index (κ2) is 10.1. The highest BCUT2D eigenvalue weighted by Gasteiger charge is 2.45. The lowest BCUT2D eigenvalue weighted by molar-refractivity contribution is 0.0738. The van der Waals surface area contributed by atoms with Crippen LogP contribution in [-0.2, 0) is 0 Å². The van der Waals surface area contributed by atoms with E-state index in [1.54, 1.807) is 24.4 Å². The first kappa shape index (κ1) is 26.5. The van der Waals surface area contributed by atoms with Gasteiger partial charge in [-0.3, -0.25) is 9.88 Å². The lowest BCUT2D eigenvalue weighted by Crippen LogP contribution is -2.54. The van der Waals surface area contributed by atoms with Crippen LogP contribution in [0.3, 0.4) is 0 Å². The molecule has 4 aromatic rings. The summed E-state index contributed by atoms with van der Waals surface area (Å²) >= 11 is 0. The summed E-state index contributed by atoms with van der Waals surface area (Å²) in [5.41, 5.74) is 0.607. The number of pyridine rings is 1. The molecule has 1 saturated carbocycles. The summed E-state index contributed by atoms with van der Waals surface area (Å²) in [6.45, 7) is 3.33. The van der Waals surface area contributed by atoms with Gasteiger partial charge in [0.2, 0.25) is 0 Å². The number of hydrogen-bond donors (Lipinski definition) is 1. The van der Waals surface area contributed by atoms with E-state index in [4.69, 9.17) is 9.72 Å². The fourth-order valence-corrected chi connectivity index (χ4v) is 7.19. The van der Waals surface area contributed by atoms with E-state index < -0.39 is 11.6 Å². The van der Waals surface area contributed by atoms with E-state index in [2.05, 4.69) is 39.2 Å². The largest absolute Gasteiger partial charge is 0.461 e. The van der Waals surface area contributed by atoms with Crippen LogP contribution < -0.4 is 10.1 Å². The Hall–Kier alpha value is -3.43. The molecule has 214 valence electrons. The van der Waals surface area contributed by atoms with Gasteiger partial charge in [0.15, 0.2) is 5.82 Å². The summed E-state index contributed by atoms with van der Waals surface area (Å²) in [6.07, 6.45) is 9.44. The molecular weight excluding hydrogens is 522 g/mol. The van der Waals surface area contributed by atoms with Gasteiger partial charge in [-0.1, -0.05) is 30.3 Å². The highest BCUT2D eigenvalue weighted by molar-refractivity contribution is 5.99. The van der Waals surface area contributed by atoms with Crippen molar-refractivity contribution in [2.24, 2.45) is 0 Å². The van der Waals surface area contributed by atoms with Gasteiger partial charge in [-0.05, 0) is 83.6 Å². The molecule has 7 rings (SSSR count). The molecule has 2 aromatic carbocycles. The first-order valence-corrected chi connectivity index (χ1v) is 14.7. The van der Waals surface area contributed by atoms with Gasteiger partial charge >= 0.3 is 6.01 Å². The topological polar surface area (TPSA) is 66.4 Å². The maximum Gasteiger partial charge on any atom is 0.319 e. The highest BCUT2D eigenvalue weighted by Crippen LogP contribution is 2.40. The van der Waals surface area contributed by atoms with E-state index >= 15 is 4.39 Å². The molecule has 0 atom stereocenters. The number of fused-ring (bicyclic) bond motifs is 3. The fourth-order valence-electron chi connectivity index (χ4n) is 7.19. The van der Waals surface area contributed by atoms with Crippen molar-refractivity contribution in [1.29, 1.82) is 0 Å². The fraction of sp³-hybridized carbons (Fsp3) is 0.469. The Morgan fingerprint density at radius 1 is 0.976 bits per heavy atom. The Kier molecular flexibility index (Phi) is 6.54. The lowest BCUT2D eigenvalue weighted by Gasteiger charge is -2.47. The van der Waals surface area contributed by atoms with Crippen LogP contribution in [0.1, 0.15) is 44.9 Å². The van der Waals surface area contributed by atoms with Gasteiger partial charge in [0, 0.05) is 29.2 Å². The van der Waals surface area contributed by atoms with Crippen molar-refractivity contribution >= 4 is 27.5 Å². The van der Waals surface area contributed by atoms with Crippen molar-refractivity contribution in [2.45, 2.75) is 56.0 Å². The number of nitrogens with one attached hydrogen (secondary N) is 1. The molecule has 4 heterocycles. The van der Waals surface area contributed by atoms with E-state index in [1.807, 2.05) is 12.1 Å². The molecule has 0 amide bonds. The minimum Gasteiger partial charge on any atom is -0.461 e. The molecule has 0 unspecified atom stereocenters. The predicted octanol–water partition coefficient (Wildman–Crippen LogP) is 6.03. The van der Waals surface area contributed by atoms with Crippen molar-refractivity contribution in [1.82, 2.24) is 24.8 Å². The zero-order valence-corrected chi connectivity index (χ0v) is 23.7. The van der Waals surface area contributed by atoms with E-state index in [0.717, 1.165) is 51.6 Å². The Labute approximate surface area is 238 Å². The predicted molar refractivity (Wildman–Crippen MR) is 157 cm³/mol. The zero-order valence-electron chi connectivity index (χ0n) is 23.7. The Morgan fingerprint density at radius 2 is 1.73 bits per heavy atom. The molecule has 2 saturated heterocycles. The van der Waals surface area contributed by atoms with Crippen molar-refractivity contribution in [2.75, 3.05) is 45.7 Å². The first-order chi connectivity index (χ1) is 19.9. The van der Waals surface area contributed by atoms with E-state index in [-0.39, 0.29) is 28.3 Å². The number of nitrogens with zero attached hydrogens (tertiary/aromatic N) is 5. The first-order valence-electron chi connectivity index (χ1n) is 14.7. The standard InChI is InChI=1S/C32H36F2N6O/c1-39(2)31(12-5-13-31)19-36-29-23-18-35-27(22-10-3-8-21-9-4-11-24(33)25(21)22)26(34)28(23)37-30(38-29)41-20-32-14-6-16-40(32)17-7-15-32/h3-4,8-11,18H,5-7,12-17,19-20H2,1-2H3,(H,36,37,38). The summed E-state index contributed by atoms with van der Waals surface area (Å²) in [6, 6.07) is 10.3. The average molecular weight is 559 g/mol. The van der Waals surface area contributed by atoms with Crippen LogP contribution in [0.2, 0.25) is 0 Å². The SMILES string of the molecule is CN(C)C1(CNc2nc(OCC34CCCN3CCC4)nc3c(F)c(-c4cccc5cccc(F)c45)ncc23)CCC1. The number of hydrogen-bond acceptors (Lipinski definition) is 7. The van der Waals surface area contributed by atoms with Crippen LogP contribution in [0, 0.1) is 11.6 Å². The number of halogens is 2. The summed E-state index contributed by atoms with van der Waals surface area (Å²) < 4.78 is 37.7. The van der Waals surface area contributed by atoms with Crippen LogP contribution in [0.25, 0.3) is 32.9 Å². The molecule has 3 fully saturated rings. The third kappa shape index (κ3) is 4.41. The monoisotopic (exact) mass is 558 g/mol. The normalized spacial score (nSPS) is 19.5. The van der Waals surface area contributed by atoms with Gasteiger partial charge in [0.1, 0.15) is 29.5 Å². The van der Waals surface area contributed by atoms with Crippen LogP contribution in [0.5, 0.6) is 6.01 Å². The molecule has 3 aliphatic rings. The summed E-state index contributed by atoms with van der Waals surface area (Å²) in [4.78, 5) is 18.6. The van der Waals surface area contributed by atoms with Crippen LogP contribution >= 0.6 is 0 Å². The van der Waals surface area contributed by atoms with Crippen molar-refractivity contribution < 1.29 is 13.5 Å². The number of aromatic nitrogens is 3. The molecule has 41 heavy (non-hydrogen) atoms. The highest BCUT2D eigenvalue weighted by atomic mass is 19.1. The second-order valence-electron chi connectivity index (χ2n) is 12.2. The molecule has 7 nitrogen and oxygen atoms in total. The van der Waals surface area contributed by atoms with Gasteiger partial charge in [-0.2, -0.15) is 9.97 Å². The van der Waals surface area contributed by atoms with Gasteiger partial charge in [0.05, 0.1) is 10.9 Å². The number of likely N-dealkylation sites (N-methyl/N-ethyl adjacent to an activating group) is 1. The Bertz CT molecular complexity index is 1610. The molecular formula is C32H36F2N6O. The Morgan fingerprint density at radius 3 is 2.44 bits per heavy atom. The molecule has 2 aliphatic heterocycles. The van der Waals surface area contributed by atoms with Crippen LogP contribution in [0.4, 0.5) is 14.6 Å². The zero-order chi connectivity index (χ0) is 28.2. The van der Waals surface area contributed by atoms with Gasteiger partial charge in [-0.25, -0.2) is 8.78 Å². The summed E-state index contributed by atoms with van der Waals surface area (Å²) in [5.74, 6) is -0.520. The maximum absolute atomic E-state index is 16.4. The van der Waals surface area contributed by atoms with E-state index in [9.17, 15) is 4.39 Å². The molecule has 1 aliphatic carbocycles. The van der Waals surface area contributed by atoms with E-state index in [0.29, 0.717) is 40.7 Å².